The second-order valence-corrected chi connectivity index (χ2v) is 5.12. The Kier molecular flexibility index (Phi) is 3.40. The van der Waals surface area contributed by atoms with Crippen molar-refractivity contribution in [2.24, 2.45) is 5.73 Å². The van der Waals surface area contributed by atoms with Crippen LogP contribution in [0.15, 0.2) is 29.6 Å². The van der Waals surface area contributed by atoms with Crippen molar-refractivity contribution in [1.29, 1.82) is 0 Å². The largest absolute Gasteiger partial charge is 0.505 e. The number of hydrogen-bond donors (Lipinski definition) is 2. The lowest BCUT2D eigenvalue weighted by Gasteiger charge is -2.12. The first-order valence-corrected chi connectivity index (χ1v) is 6.20. The molecule has 2 rings (SSSR count). The van der Waals surface area contributed by atoms with Gasteiger partial charge in [-0.15, -0.1) is 11.3 Å². The number of nitrogens with two attached hydrogens (primary N) is 1. The van der Waals surface area contributed by atoms with Crippen molar-refractivity contribution in [2.75, 3.05) is 0 Å². The van der Waals surface area contributed by atoms with Crippen molar-refractivity contribution < 1.29 is 5.11 Å². The first-order valence-electron chi connectivity index (χ1n) is 4.56. The topological polar surface area (TPSA) is 46.2 Å². The molecule has 2 aromatic rings. The van der Waals surface area contributed by atoms with E-state index in [1.165, 1.54) is 0 Å². The van der Waals surface area contributed by atoms with Crippen molar-refractivity contribution >= 4 is 34.5 Å². The Morgan fingerprint density at radius 3 is 2.38 bits per heavy atom. The third-order valence-electron chi connectivity index (χ3n) is 2.25. The molecule has 1 aromatic carbocycles. The molecular formula is C11H9Cl2NOS. The number of benzene rings is 1. The molecule has 0 amide bonds. The van der Waals surface area contributed by atoms with Gasteiger partial charge in [0, 0.05) is 4.88 Å². The lowest BCUT2D eigenvalue weighted by molar-refractivity contribution is 0.475. The minimum absolute atomic E-state index is 0.106. The molecule has 0 saturated heterocycles. The number of hydrogen-bond acceptors (Lipinski definition) is 3. The Labute approximate surface area is 107 Å². The zero-order valence-corrected chi connectivity index (χ0v) is 10.5. The summed E-state index contributed by atoms with van der Waals surface area (Å²) in [6.07, 6.45) is 0. The van der Waals surface area contributed by atoms with Gasteiger partial charge in [0.2, 0.25) is 0 Å². The fraction of sp³-hybridized carbons (Fsp3) is 0.0909. The number of aromatic hydroxyl groups is 1. The van der Waals surface area contributed by atoms with Crippen LogP contribution in [0, 0.1) is 0 Å². The highest BCUT2D eigenvalue weighted by atomic mass is 35.5. The van der Waals surface area contributed by atoms with E-state index in [1.54, 1.807) is 23.5 Å². The summed E-state index contributed by atoms with van der Waals surface area (Å²) in [7, 11) is 0. The summed E-state index contributed by atoms with van der Waals surface area (Å²) in [5.41, 5.74) is 6.85. The van der Waals surface area contributed by atoms with Crippen LogP contribution in [-0.2, 0) is 0 Å². The zero-order chi connectivity index (χ0) is 11.7. The molecule has 3 N–H and O–H groups in total. The van der Waals surface area contributed by atoms with E-state index < -0.39 is 0 Å². The van der Waals surface area contributed by atoms with Gasteiger partial charge < -0.3 is 10.8 Å². The molecule has 0 aliphatic heterocycles. The van der Waals surface area contributed by atoms with Crippen LogP contribution in [0.2, 0.25) is 10.0 Å². The highest BCUT2D eigenvalue weighted by Crippen LogP contribution is 2.36. The summed E-state index contributed by atoms with van der Waals surface area (Å²) < 4.78 is 0. The highest BCUT2D eigenvalue weighted by Gasteiger charge is 2.14. The van der Waals surface area contributed by atoms with Crippen molar-refractivity contribution in [2.45, 2.75) is 6.04 Å². The Bertz CT molecular complexity index is 476. The number of thiophene rings is 1. The Balaban J connectivity index is 2.42. The monoisotopic (exact) mass is 273 g/mol. The maximum Gasteiger partial charge on any atom is 0.152 e. The van der Waals surface area contributed by atoms with Crippen LogP contribution >= 0.6 is 34.5 Å². The molecule has 0 aliphatic carbocycles. The van der Waals surface area contributed by atoms with Gasteiger partial charge in [0.15, 0.2) is 5.75 Å². The summed E-state index contributed by atoms with van der Waals surface area (Å²) in [5, 5.41) is 11.8. The van der Waals surface area contributed by atoms with Crippen LogP contribution in [0.25, 0.3) is 0 Å². The quantitative estimate of drug-likeness (QED) is 0.874. The molecule has 0 saturated carbocycles. The van der Waals surface area contributed by atoms with Crippen LogP contribution in [0.4, 0.5) is 0 Å². The molecule has 16 heavy (non-hydrogen) atoms. The third kappa shape index (κ3) is 2.18. The average Bonchev–Trinajstić information content (AvgIpc) is 2.77. The van der Waals surface area contributed by atoms with Crippen molar-refractivity contribution in [3.63, 3.8) is 0 Å². The van der Waals surface area contributed by atoms with Crippen LogP contribution in [0.5, 0.6) is 5.75 Å². The molecule has 0 bridgehead atoms. The summed E-state index contributed by atoms with van der Waals surface area (Å²) in [6.45, 7) is 0. The number of phenolic OH excluding ortho intramolecular Hbond substituents is 1. The summed E-state index contributed by atoms with van der Waals surface area (Å²) >= 11 is 13.2. The predicted octanol–water partition coefficient (Wildman–Crippen LogP) is 3.81. The second-order valence-electron chi connectivity index (χ2n) is 3.33. The van der Waals surface area contributed by atoms with Gasteiger partial charge >= 0.3 is 0 Å². The summed E-state index contributed by atoms with van der Waals surface area (Å²) in [5.74, 6) is -0.106. The van der Waals surface area contributed by atoms with Crippen LogP contribution in [0.3, 0.4) is 0 Å². The first-order chi connectivity index (χ1) is 7.59. The third-order valence-corrected chi connectivity index (χ3v) is 3.78. The fourth-order valence-corrected chi connectivity index (χ4v) is 2.66. The van der Waals surface area contributed by atoms with Crippen molar-refractivity contribution in [3.05, 3.63) is 50.1 Å². The summed E-state index contributed by atoms with van der Waals surface area (Å²) in [6, 6.07) is 6.88. The van der Waals surface area contributed by atoms with Gasteiger partial charge in [0.25, 0.3) is 0 Å². The molecule has 1 heterocycles. The normalized spacial score (nSPS) is 12.7. The van der Waals surface area contributed by atoms with Gasteiger partial charge in [-0.1, -0.05) is 29.3 Å². The number of phenols is 1. The number of rotatable bonds is 2. The summed E-state index contributed by atoms with van der Waals surface area (Å²) in [4.78, 5) is 1.03. The Morgan fingerprint density at radius 1 is 1.25 bits per heavy atom. The Morgan fingerprint density at radius 2 is 1.88 bits per heavy atom. The average molecular weight is 274 g/mol. The van der Waals surface area contributed by atoms with Crippen LogP contribution in [-0.4, -0.2) is 5.11 Å². The van der Waals surface area contributed by atoms with Crippen molar-refractivity contribution in [3.8, 4) is 5.75 Å². The molecule has 84 valence electrons. The molecular weight excluding hydrogens is 265 g/mol. The minimum Gasteiger partial charge on any atom is -0.505 e. The molecule has 0 spiro atoms. The fourth-order valence-electron chi connectivity index (χ4n) is 1.40. The predicted molar refractivity (Wildman–Crippen MR) is 68.5 cm³/mol. The standard InChI is InChI=1S/C11H9Cl2NOS/c12-7-4-6(5-8(13)11(7)15)10(14)9-2-1-3-16-9/h1-5,10,15H,14H2/t10-/m0/s1. The molecule has 0 radical (unpaired) electrons. The molecule has 0 unspecified atom stereocenters. The van der Waals surface area contributed by atoms with E-state index >= 15 is 0 Å². The van der Waals surface area contributed by atoms with E-state index in [-0.39, 0.29) is 21.8 Å². The lowest BCUT2D eigenvalue weighted by Crippen LogP contribution is -2.10. The molecule has 1 atom stereocenters. The van der Waals surface area contributed by atoms with Gasteiger partial charge in [-0.05, 0) is 29.1 Å². The first kappa shape index (κ1) is 11.7. The maximum atomic E-state index is 9.44. The van der Waals surface area contributed by atoms with Crippen LogP contribution in [0.1, 0.15) is 16.5 Å². The highest BCUT2D eigenvalue weighted by molar-refractivity contribution is 7.10. The maximum absolute atomic E-state index is 9.44. The van der Waals surface area contributed by atoms with E-state index in [2.05, 4.69) is 0 Å². The van der Waals surface area contributed by atoms with Gasteiger partial charge in [-0.3, -0.25) is 0 Å². The number of halogens is 2. The van der Waals surface area contributed by atoms with Crippen molar-refractivity contribution in [1.82, 2.24) is 0 Å². The van der Waals surface area contributed by atoms with E-state index in [4.69, 9.17) is 28.9 Å². The molecule has 2 nitrogen and oxygen atoms in total. The van der Waals surface area contributed by atoms with E-state index in [0.717, 1.165) is 10.4 Å². The lowest BCUT2D eigenvalue weighted by atomic mass is 10.1. The van der Waals surface area contributed by atoms with Gasteiger partial charge in [0.1, 0.15) is 0 Å². The van der Waals surface area contributed by atoms with Crippen LogP contribution < -0.4 is 5.73 Å². The molecule has 5 heteroatoms. The molecule has 1 aromatic heterocycles. The molecule has 0 fully saturated rings. The van der Waals surface area contributed by atoms with Gasteiger partial charge in [-0.2, -0.15) is 0 Å². The van der Waals surface area contributed by atoms with Gasteiger partial charge in [0.05, 0.1) is 16.1 Å². The van der Waals surface area contributed by atoms with Gasteiger partial charge in [-0.25, -0.2) is 0 Å². The second kappa shape index (κ2) is 4.63. The van der Waals surface area contributed by atoms with E-state index in [0.29, 0.717) is 0 Å². The smallest absolute Gasteiger partial charge is 0.152 e. The zero-order valence-electron chi connectivity index (χ0n) is 8.15. The Hall–Kier alpha value is -0.740. The van der Waals surface area contributed by atoms with E-state index in [9.17, 15) is 5.11 Å². The minimum atomic E-state index is -0.268. The molecule has 0 aliphatic rings. The SMILES string of the molecule is N[C@@H](c1cc(Cl)c(O)c(Cl)c1)c1cccs1. The van der Waals surface area contributed by atoms with E-state index in [1.807, 2.05) is 17.5 Å².